The minimum atomic E-state index is -4.06. The van der Waals surface area contributed by atoms with Gasteiger partial charge in [0, 0.05) is 40.0 Å². The van der Waals surface area contributed by atoms with Gasteiger partial charge in [-0.3, -0.25) is 0 Å². The Balaban J connectivity index is 1.79. The van der Waals surface area contributed by atoms with Crippen molar-refractivity contribution in [2.24, 2.45) is 4.15 Å². The molecule has 0 saturated heterocycles. The van der Waals surface area contributed by atoms with E-state index in [1.54, 1.807) is 12.1 Å². The van der Waals surface area contributed by atoms with Crippen molar-refractivity contribution in [3.05, 3.63) is 101 Å². The van der Waals surface area contributed by atoms with Crippen LogP contribution >= 0.6 is 18.9 Å². The lowest BCUT2D eigenvalue weighted by Crippen LogP contribution is -2.24. The summed E-state index contributed by atoms with van der Waals surface area (Å²) in [5.74, 6) is 2.04. The molecular weight excluding hydrogens is 523 g/mol. The Morgan fingerprint density at radius 1 is 0.973 bits per heavy atom. The van der Waals surface area contributed by atoms with Crippen molar-refractivity contribution in [3.63, 3.8) is 0 Å². The van der Waals surface area contributed by atoms with Gasteiger partial charge in [-0.2, -0.15) is 8.42 Å². The van der Waals surface area contributed by atoms with Crippen LogP contribution in [-0.2, 0) is 20.0 Å². The number of rotatable bonds is 6. The van der Waals surface area contributed by atoms with Gasteiger partial charge in [-0.05, 0) is 48.7 Å². The van der Waals surface area contributed by atoms with Crippen molar-refractivity contribution in [1.82, 2.24) is 0 Å². The van der Waals surface area contributed by atoms with Crippen LogP contribution < -0.4 is 10.2 Å². The van der Waals surface area contributed by atoms with Crippen LogP contribution in [0.25, 0.3) is 0 Å². The Morgan fingerprint density at radius 2 is 1.59 bits per heavy atom. The lowest BCUT2D eigenvalue weighted by Gasteiger charge is -2.30. The van der Waals surface area contributed by atoms with E-state index in [1.165, 1.54) is 17.7 Å². The maximum atomic E-state index is 13.8. The molecule has 0 radical (unpaired) electrons. The van der Waals surface area contributed by atoms with Crippen molar-refractivity contribution in [2.45, 2.75) is 55.9 Å². The SMILES string of the molecule is CN1/C(=C\[P@@](=NS(=O)(=O)c2ccc(Cl)cc2)(OC2CCCC2)c2ccccc2)C(C)(C)c2ccccc21. The van der Waals surface area contributed by atoms with Gasteiger partial charge in [0.05, 0.1) is 11.0 Å². The zero-order valence-corrected chi connectivity index (χ0v) is 23.8. The van der Waals surface area contributed by atoms with Gasteiger partial charge in [-0.1, -0.05) is 86.8 Å². The second kappa shape index (κ2) is 10.1. The third-order valence-electron chi connectivity index (χ3n) is 7.32. The van der Waals surface area contributed by atoms with E-state index in [2.05, 4.69) is 30.9 Å². The molecular formula is C29H32ClN2O3PS. The molecule has 37 heavy (non-hydrogen) atoms. The molecule has 194 valence electrons. The summed E-state index contributed by atoms with van der Waals surface area (Å²) in [5, 5.41) is 1.26. The van der Waals surface area contributed by atoms with Gasteiger partial charge in [0.1, 0.15) is 0 Å². The number of nitrogens with zero attached hydrogens (tertiary/aromatic N) is 2. The van der Waals surface area contributed by atoms with Crippen molar-refractivity contribution in [3.8, 4) is 0 Å². The van der Waals surface area contributed by atoms with Crippen LogP contribution in [0.2, 0.25) is 5.02 Å². The van der Waals surface area contributed by atoms with E-state index in [-0.39, 0.29) is 16.4 Å². The second-order valence-corrected chi connectivity index (χ2v) is 14.9. The molecule has 1 aliphatic carbocycles. The first-order chi connectivity index (χ1) is 17.6. The summed E-state index contributed by atoms with van der Waals surface area (Å²) in [4.78, 5) is 2.25. The molecule has 5 rings (SSSR count). The lowest BCUT2D eigenvalue weighted by atomic mass is 9.84. The van der Waals surface area contributed by atoms with Crippen LogP contribution in [-0.4, -0.2) is 21.6 Å². The van der Waals surface area contributed by atoms with Gasteiger partial charge in [0.25, 0.3) is 10.0 Å². The standard InChI is InChI=1S/C29H32ClN2O3PS/c1-29(2)26-15-9-10-16-27(26)32(3)28(29)21-36(24-13-5-4-6-14-24,35-23-11-7-8-12-23)31-37(33,34)25-19-17-22(30)18-20-25/h4-6,9-10,13-21,23H,7-8,11-12H2,1-3H3/b28-21-/t36-/m1/s1. The number of hydrogen-bond acceptors (Lipinski definition) is 4. The summed E-state index contributed by atoms with van der Waals surface area (Å²) in [6, 6.07) is 24.1. The molecule has 5 nitrogen and oxygen atoms in total. The summed E-state index contributed by atoms with van der Waals surface area (Å²) in [5.41, 5.74) is 2.92. The van der Waals surface area contributed by atoms with E-state index in [9.17, 15) is 8.42 Å². The third-order valence-corrected chi connectivity index (χ3v) is 12.5. The predicted octanol–water partition coefficient (Wildman–Crippen LogP) is 7.70. The molecule has 0 amide bonds. The Hall–Kier alpha value is -2.37. The maximum Gasteiger partial charge on any atom is 0.283 e. The summed E-state index contributed by atoms with van der Waals surface area (Å²) in [6.45, 7) is 4.34. The maximum absolute atomic E-state index is 13.8. The Labute approximate surface area is 225 Å². The normalized spacial score (nSPS) is 20.1. The van der Waals surface area contributed by atoms with E-state index in [0.717, 1.165) is 42.4 Å². The van der Waals surface area contributed by atoms with Gasteiger partial charge < -0.3 is 9.42 Å². The van der Waals surface area contributed by atoms with Gasteiger partial charge in [0.2, 0.25) is 0 Å². The fraction of sp³-hybridized carbons (Fsp3) is 0.310. The molecule has 1 saturated carbocycles. The molecule has 1 fully saturated rings. The largest absolute Gasteiger partial charge is 0.347 e. The zero-order chi connectivity index (χ0) is 26.3. The molecule has 0 aromatic heterocycles. The highest BCUT2D eigenvalue weighted by Crippen LogP contribution is 2.59. The minimum Gasteiger partial charge on any atom is -0.347 e. The molecule has 1 aliphatic heterocycles. The first kappa shape index (κ1) is 26.2. The van der Waals surface area contributed by atoms with Gasteiger partial charge in [-0.25, -0.2) is 0 Å². The van der Waals surface area contributed by atoms with E-state index in [0.29, 0.717) is 5.02 Å². The molecule has 1 heterocycles. The number of fused-ring (bicyclic) bond motifs is 1. The fourth-order valence-electron chi connectivity index (χ4n) is 5.33. The molecule has 2 aliphatic rings. The smallest absolute Gasteiger partial charge is 0.283 e. The second-order valence-electron chi connectivity index (χ2n) is 10.2. The first-order valence-electron chi connectivity index (χ1n) is 12.6. The van der Waals surface area contributed by atoms with E-state index in [4.69, 9.17) is 20.3 Å². The quantitative estimate of drug-likeness (QED) is 0.293. The summed E-state index contributed by atoms with van der Waals surface area (Å²) < 4.78 is 39.3. The van der Waals surface area contributed by atoms with E-state index in [1.807, 2.05) is 55.3 Å². The van der Waals surface area contributed by atoms with Crippen LogP contribution in [0.15, 0.2) is 99.4 Å². The minimum absolute atomic E-state index is 0.0493. The van der Waals surface area contributed by atoms with Crippen LogP contribution in [0.3, 0.4) is 0 Å². The average Bonchev–Trinajstić information content (AvgIpc) is 3.46. The molecule has 1 atom stereocenters. The molecule has 3 aromatic carbocycles. The number of allylic oxidation sites excluding steroid dienone is 1. The number of benzene rings is 3. The molecule has 0 spiro atoms. The number of sulfonamides is 1. The highest BCUT2D eigenvalue weighted by molar-refractivity contribution is 7.95. The molecule has 3 aromatic rings. The molecule has 8 heteroatoms. The Bertz CT molecular complexity index is 1480. The molecule has 0 N–H and O–H groups in total. The topological polar surface area (TPSA) is 59.0 Å². The van der Waals surface area contributed by atoms with Crippen LogP contribution in [0, 0.1) is 0 Å². The fourth-order valence-corrected chi connectivity index (χ4v) is 10.7. The van der Waals surface area contributed by atoms with Crippen molar-refractivity contribution < 1.29 is 12.9 Å². The number of likely N-dealkylation sites (N-methyl/N-ethyl adjacent to an activating group) is 1. The molecule has 0 unspecified atom stereocenters. The summed E-state index contributed by atoms with van der Waals surface area (Å²) >= 11 is 6.05. The van der Waals surface area contributed by atoms with Crippen LogP contribution in [0.4, 0.5) is 5.69 Å². The van der Waals surface area contributed by atoms with E-state index >= 15 is 0 Å². The highest BCUT2D eigenvalue weighted by atomic mass is 35.5. The number of anilines is 1. The van der Waals surface area contributed by atoms with Crippen molar-refractivity contribution in [2.75, 3.05) is 11.9 Å². The number of halogens is 1. The summed E-state index contributed by atoms with van der Waals surface area (Å²) in [7, 11) is -5.22. The van der Waals surface area contributed by atoms with Crippen LogP contribution in [0.1, 0.15) is 45.1 Å². The number of hydrogen-bond donors (Lipinski definition) is 0. The van der Waals surface area contributed by atoms with Gasteiger partial charge in [0.15, 0.2) is 7.28 Å². The highest BCUT2D eigenvalue weighted by Gasteiger charge is 2.41. The van der Waals surface area contributed by atoms with Crippen LogP contribution in [0.5, 0.6) is 0 Å². The molecule has 0 bridgehead atoms. The monoisotopic (exact) mass is 554 g/mol. The van der Waals surface area contributed by atoms with Gasteiger partial charge >= 0.3 is 0 Å². The van der Waals surface area contributed by atoms with Crippen molar-refractivity contribution >= 4 is 39.9 Å². The third kappa shape index (κ3) is 5.05. The lowest BCUT2D eigenvalue weighted by molar-refractivity contribution is 0.236. The predicted molar refractivity (Wildman–Crippen MR) is 153 cm³/mol. The van der Waals surface area contributed by atoms with Crippen molar-refractivity contribution in [1.29, 1.82) is 0 Å². The number of para-hydroxylation sites is 1. The first-order valence-corrected chi connectivity index (χ1v) is 16.1. The van der Waals surface area contributed by atoms with E-state index < -0.39 is 17.3 Å². The summed E-state index contributed by atoms with van der Waals surface area (Å²) in [6.07, 6.45) is 3.88. The van der Waals surface area contributed by atoms with Gasteiger partial charge in [-0.15, -0.1) is 4.15 Å². The Kier molecular flexibility index (Phi) is 7.14. The Morgan fingerprint density at radius 3 is 2.24 bits per heavy atom. The average molecular weight is 555 g/mol. The zero-order valence-electron chi connectivity index (χ0n) is 21.3.